The minimum absolute atomic E-state index is 1.30. The normalized spacial score (nSPS) is 16.3. The van der Waals surface area contributed by atoms with Crippen molar-refractivity contribution in [2.24, 2.45) is 0 Å². The molecule has 0 bridgehead atoms. The summed E-state index contributed by atoms with van der Waals surface area (Å²) in [6.07, 6.45) is 0. The first-order valence-corrected chi connectivity index (χ1v) is 2.90. The van der Waals surface area contributed by atoms with E-state index in [0.717, 1.165) is 0 Å². The maximum Gasteiger partial charge on any atom is 0.527 e. The number of aliphatic hydroxyl groups excluding tert-OH is 2. The van der Waals surface area contributed by atoms with Crippen LogP contribution in [0.4, 0.5) is 0 Å². The molecule has 0 aliphatic carbocycles. The summed E-state index contributed by atoms with van der Waals surface area (Å²) in [5, 5.41) is 24.9. The van der Waals surface area contributed by atoms with Gasteiger partial charge in [0.15, 0.2) is 0 Å². The molecule has 0 spiro atoms. The third-order valence-electron chi connectivity index (χ3n) is 0.972. The molecule has 3 N–H and O–H groups in total. The molecular weight excluding hydrogens is 187 g/mol. The zero-order valence-electron chi connectivity index (χ0n) is 5.96. The predicted molar refractivity (Wildman–Crippen MR) is 33.9 cm³/mol. The number of aliphatic hydroxyl groups is 3. The zero-order chi connectivity index (χ0) is 10.0. The second-order valence-electron chi connectivity index (χ2n) is 1.85. The van der Waals surface area contributed by atoms with Crippen LogP contribution in [0, 0.1) is 0 Å². The van der Waals surface area contributed by atoms with Crippen molar-refractivity contribution in [3.8, 4) is 0 Å². The summed E-state index contributed by atoms with van der Waals surface area (Å²) in [6.45, 7) is 0. The van der Waals surface area contributed by atoms with E-state index in [1.807, 2.05) is 0 Å². The van der Waals surface area contributed by atoms with Crippen LogP contribution in [-0.4, -0.2) is 34.6 Å². The molecular formula is C4H3BO8-. The molecule has 8 nitrogen and oxygen atoms in total. The fraction of sp³-hybridized carbons (Fsp3) is 0. The highest BCUT2D eigenvalue weighted by Crippen LogP contribution is 2.08. The Kier molecular flexibility index (Phi) is 2.18. The first-order chi connectivity index (χ1) is 6.00. The van der Waals surface area contributed by atoms with Gasteiger partial charge < -0.3 is 29.3 Å². The maximum atomic E-state index is 10.3. The standard InChI is InChI=1S/C4H3BO8/c6-1(7)2(8)11-5-12-3(9)4(10)13-5/h6-8H/q-1. The molecule has 1 rings (SSSR count). The van der Waals surface area contributed by atoms with Crippen LogP contribution in [0.2, 0.25) is 0 Å². The van der Waals surface area contributed by atoms with Crippen LogP contribution >= 0.6 is 0 Å². The summed E-state index contributed by atoms with van der Waals surface area (Å²) in [5.74, 6) is -5.45. The Morgan fingerprint density at radius 2 is 1.62 bits per heavy atom. The van der Waals surface area contributed by atoms with Gasteiger partial charge in [-0.1, -0.05) is 0 Å². The van der Waals surface area contributed by atoms with E-state index in [2.05, 4.69) is 14.0 Å². The summed E-state index contributed by atoms with van der Waals surface area (Å²) >= 11 is 0. The molecule has 9 heteroatoms. The Balaban J connectivity index is 2.54. The van der Waals surface area contributed by atoms with Crippen molar-refractivity contribution in [3.05, 3.63) is 11.9 Å². The van der Waals surface area contributed by atoms with Gasteiger partial charge in [-0.15, -0.1) is 0 Å². The lowest BCUT2D eigenvalue weighted by Crippen LogP contribution is -2.20. The van der Waals surface area contributed by atoms with E-state index in [-0.39, 0.29) is 0 Å². The molecule has 1 radical (unpaired) electrons. The summed E-state index contributed by atoms with van der Waals surface area (Å²) in [5.41, 5.74) is 0. The van der Waals surface area contributed by atoms with E-state index < -0.39 is 31.2 Å². The maximum absolute atomic E-state index is 10.3. The van der Waals surface area contributed by atoms with Crippen molar-refractivity contribution in [2.45, 2.75) is 0 Å². The van der Waals surface area contributed by atoms with Gasteiger partial charge in [0.1, 0.15) is 0 Å². The first kappa shape index (κ1) is 9.04. The zero-order valence-corrected chi connectivity index (χ0v) is 5.96. The van der Waals surface area contributed by atoms with Gasteiger partial charge in [0.2, 0.25) is 0 Å². The van der Waals surface area contributed by atoms with Crippen LogP contribution in [0.5, 0.6) is 0 Å². The number of hydrogen-bond acceptors (Lipinski definition) is 8. The smallest absolute Gasteiger partial charge is 0.527 e. The van der Waals surface area contributed by atoms with Crippen LogP contribution < -0.4 is 0 Å². The van der Waals surface area contributed by atoms with E-state index in [9.17, 15) is 9.59 Å². The second kappa shape index (κ2) is 3.13. The molecule has 0 aromatic carbocycles. The monoisotopic (exact) mass is 190 g/mol. The van der Waals surface area contributed by atoms with Gasteiger partial charge in [-0.25, -0.2) is 9.59 Å². The molecule has 0 saturated carbocycles. The molecule has 71 valence electrons. The van der Waals surface area contributed by atoms with Crippen molar-refractivity contribution in [3.63, 3.8) is 0 Å². The van der Waals surface area contributed by atoms with Crippen molar-refractivity contribution in [1.29, 1.82) is 0 Å². The molecule has 1 fully saturated rings. The quantitative estimate of drug-likeness (QED) is 0.284. The number of carbonyl (C=O) groups is 2. The third-order valence-corrected chi connectivity index (χ3v) is 0.972. The van der Waals surface area contributed by atoms with Crippen LogP contribution in [-0.2, 0) is 23.6 Å². The highest BCUT2D eigenvalue weighted by Gasteiger charge is 2.30. The van der Waals surface area contributed by atoms with Gasteiger partial charge >= 0.3 is 31.2 Å². The Morgan fingerprint density at radius 3 is 2.00 bits per heavy atom. The molecule has 0 atom stereocenters. The summed E-state index contributed by atoms with van der Waals surface area (Å²) < 4.78 is 12.2. The van der Waals surface area contributed by atoms with Crippen molar-refractivity contribution < 1.29 is 38.9 Å². The van der Waals surface area contributed by atoms with E-state index in [1.165, 1.54) is 0 Å². The largest absolute Gasteiger partial charge is 0.637 e. The molecule has 1 aliphatic heterocycles. The Hall–Kier alpha value is -2.06. The molecule has 1 saturated heterocycles. The average Bonchev–Trinajstić information content (AvgIpc) is 2.31. The highest BCUT2D eigenvalue weighted by atomic mass is 16.8. The summed E-state index contributed by atoms with van der Waals surface area (Å²) in [6, 6.07) is 0. The van der Waals surface area contributed by atoms with Gasteiger partial charge in [0.05, 0.1) is 0 Å². The Bertz CT molecular complexity index is 262. The minimum atomic E-state index is -1.80. The van der Waals surface area contributed by atoms with Crippen molar-refractivity contribution in [1.82, 2.24) is 0 Å². The molecule has 0 amide bonds. The minimum Gasteiger partial charge on any atom is -0.637 e. The molecule has 0 aromatic rings. The van der Waals surface area contributed by atoms with Crippen molar-refractivity contribution >= 4 is 19.3 Å². The summed E-state index contributed by atoms with van der Waals surface area (Å²) in [7, 11) is -1.80. The van der Waals surface area contributed by atoms with E-state index in [4.69, 9.17) is 15.3 Å². The van der Waals surface area contributed by atoms with Crippen LogP contribution in [0.3, 0.4) is 0 Å². The van der Waals surface area contributed by atoms with Crippen LogP contribution in [0.15, 0.2) is 11.9 Å². The second-order valence-corrected chi connectivity index (χ2v) is 1.85. The highest BCUT2D eigenvalue weighted by molar-refractivity contribution is 6.55. The Labute approximate surface area is 71.1 Å². The van der Waals surface area contributed by atoms with Gasteiger partial charge in [0.25, 0.3) is 0 Å². The molecule has 0 unspecified atom stereocenters. The number of rotatable bonds is 2. The molecule has 1 aliphatic rings. The molecule has 1 heterocycles. The van der Waals surface area contributed by atoms with Gasteiger partial charge in [0, 0.05) is 0 Å². The van der Waals surface area contributed by atoms with Crippen molar-refractivity contribution in [2.75, 3.05) is 0 Å². The summed E-state index contributed by atoms with van der Waals surface area (Å²) in [4.78, 5) is 20.7. The predicted octanol–water partition coefficient (Wildman–Crippen LogP) is -1.11. The average molecular weight is 190 g/mol. The SMILES string of the molecule is O=C1O[B-](OC(O)=C(O)O)OC1=O. The van der Waals surface area contributed by atoms with E-state index >= 15 is 0 Å². The number of carbonyl (C=O) groups excluding carboxylic acids is 2. The van der Waals surface area contributed by atoms with Gasteiger partial charge in [-0.2, -0.15) is 0 Å². The number of hydrogen-bond donors (Lipinski definition) is 3. The lowest BCUT2D eigenvalue weighted by atomic mass is 10.2. The Morgan fingerprint density at radius 1 is 1.15 bits per heavy atom. The van der Waals surface area contributed by atoms with Gasteiger partial charge in [-0.3, -0.25) is 0 Å². The van der Waals surface area contributed by atoms with Crippen LogP contribution in [0.1, 0.15) is 0 Å². The third kappa shape index (κ3) is 1.95. The fourth-order valence-electron chi connectivity index (χ4n) is 0.487. The lowest BCUT2D eigenvalue weighted by molar-refractivity contribution is -0.150. The fourth-order valence-corrected chi connectivity index (χ4v) is 0.487. The van der Waals surface area contributed by atoms with Gasteiger partial charge in [-0.05, 0) is 0 Å². The van der Waals surface area contributed by atoms with E-state index in [1.54, 1.807) is 0 Å². The van der Waals surface area contributed by atoms with Crippen LogP contribution in [0.25, 0.3) is 0 Å². The first-order valence-electron chi connectivity index (χ1n) is 2.90. The molecule has 0 aromatic heterocycles. The van der Waals surface area contributed by atoms with E-state index in [0.29, 0.717) is 0 Å². The lowest BCUT2D eigenvalue weighted by Gasteiger charge is -2.18. The topological polar surface area (TPSA) is 123 Å². The molecule has 13 heavy (non-hydrogen) atoms.